The fourth-order valence-electron chi connectivity index (χ4n) is 1.66. The highest BCUT2D eigenvalue weighted by Crippen LogP contribution is 2.24. The molecule has 5 nitrogen and oxygen atoms in total. The molecule has 0 radical (unpaired) electrons. The maximum absolute atomic E-state index is 13.7. The molecule has 2 aromatic rings. The first-order valence-electron chi connectivity index (χ1n) is 5.61. The molecule has 8 heteroatoms. The normalized spacial score (nSPS) is 10.9. The lowest BCUT2D eigenvalue weighted by Gasteiger charge is -2.10. The van der Waals surface area contributed by atoms with E-state index >= 15 is 0 Å². The molecule has 0 aliphatic rings. The van der Waals surface area contributed by atoms with Gasteiger partial charge in [0.15, 0.2) is 0 Å². The zero-order valence-corrected chi connectivity index (χ0v) is 11.3. The van der Waals surface area contributed by atoms with Gasteiger partial charge in [0.05, 0.1) is 5.69 Å². The van der Waals surface area contributed by atoms with Gasteiger partial charge in [0.2, 0.25) is 0 Å². The standard InChI is InChI=1S/C13H9F2N3O2S/c14-10-2-1-3-12(9(10)7-16)18-21(19,20)13-5-4-8(17)6-11(13)15/h1-6,18H,17H2. The number of rotatable bonds is 3. The zero-order chi connectivity index (χ0) is 15.6. The van der Waals surface area contributed by atoms with Crippen molar-refractivity contribution >= 4 is 21.4 Å². The summed E-state index contributed by atoms with van der Waals surface area (Å²) in [5, 5.41) is 8.84. The quantitative estimate of drug-likeness (QED) is 0.850. The van der Waals surface area contributed by atoms with Gasteiger partial charge in [-0.1, -0.05) is 6.07 Å². The number of benzene rings is 2. The van der Waals surface area contributed by atoms with Crippen LogP contribution in [0.5, 0.6) is 0 Å². The first kappa shape index (κ1) is 14.7. The predicted octanol–water partition coefficient (Wildman–Crippen LogP) is 2.22. The van der Waals surface area contributed by atoms with Crippen molar-refractivity contribution in [2.75, 3.05) is 10.5 Å². The van der Waals surface area contributed by atoms with E-state index in [0.29, 0.717) is 0 Å². The summed E-state index contributed by atoms with van der Waals surface area (Å²) in [6.45, 7) is 0. The third kappa shape index (κ3) is 2.93. The largest absolute Gasteiger partial charge is 0.399 e. The molecule has 3 N–H and O–H groups in total. The lowest BCUT2D eigenvalue weighted by molar-refractivity contribution is 0.571. The Balaban J connectivity index is 2.48. The number of nitrogens with zero attached hydrogens (tertiary/aromatic N) is 1. The molecule has 0 aliphatic heterocycles. The fourth-order valence-corrected chi connectivity index (χ4v) is 2.79. The van der Waals surface area contributed by atoms with Gasteiger partial charge in [-0.3, -0.25) is 4.72 Å². The summed E-state index contributed by atoms with van der Waals surface area (Å²) < 4.78 is 53.2. The molecule has 0 saturated heterocycles. The molecule has 0 heterocycles. The number of hydrogen-bond acceptors (Lipinski definition) is 4. The van der Waals surface area contributed by atoms with Crippen LogP contribution in [0.3, 0.4) is 0 Å². The van der Waals surface area contributed by atoms with Crippen molar-refractivity contribution in [2.24, 2.45) is 0 Å². The molecule has 0 saturated carbocycles. The Hall–Kier alpha value is -2.66. The maximum Gasteiger partial charge on any atom is 0.264 e. The minimum Gasteiger partial charge on any atom is -0.399 e. The number of nitrogen functional groups attached to an aromatic ring is 1. The van der Waals surface area contributed by atoms with Crippen LogP contribution >= 0.6 is 0 Å². The molecule has 2 rings (SSSR count). The molecule has 0 unspecified atom stereocenters. The number of hydrogen-bond donors (Lipinski definition) is 2. The van der Waals surface area contributed by atoms with Crippen LogP contribution in [-0.4, -0.2) is 8.42 Å². The van der Waals surface area contributed by atoms with Gasteiger partial charge in [-0.25, -0.2) is 17.2 Å². The molecule has 2 aromatic carbocycles. The van der Waals surface area contributed by atoms with Gasteiger partial charge in [0.25, 0.3) is 10.0 Å². The van der Waals surface area contributed by atoms with Crippen LogP contribution < -0.4 is 10.5 Å². The van der Waals surface area contributed by atoms with E-state index in [1.807, 2.05) is 4.72 Å². The van der Waals surface area contributed by atoms with Crippen LogP contribution in [0.15, 0.2) is 41.3 Å². The molecule has 0 aromatic heterocycles. The fraction of sp³-hybridized carbons (Fsp3) is 0. The molecule has 21 heavy (non-hydrogen) atoms. The Morgan fingerprint density at radius 1 is 1.14 bits per heavy atom. The van der Waals surface area contributed by atoms with Gasteiger partial charge in [-0.05, 0) is 30.3 Å². The number of nitrogens with two attached hydrogens (primary N) is 1. The van der Waals surface area contributed by atoms with Crippen LogP contribution in [-0.2, 0) is 10.0 Å². The third-order valence-corrected chi connectivity index (χ3v) is 4.01. The maximum atomic E-state index is 13.7. The van der Waals surface area contributed by atoms with Crippen LogP contribution in [0.25, 0.3) is 0 Å². The topological polar surface area (TPSA) is 96.0 Å². The summed E-state index contributed by atoms with van der Waals surface area (Å²) in [6.07, 6.45) is 0. The number of anilines is 2. The van der Waals surface area contributed by atoms with Crippen LogP contribution in [0.2, 0.25) is 0 Å². The molecule has 108 valence electrons. The van der Waals surface area contributed by atoms with Crippen molar-refractivity contribution in [3.63, 3.8) is 0 Å². The van der Waals surface area contributed by atoms with Crippen molar-refractivity contribution in [2.45, 2.75) is 4.90 Å². The second-order valence-corrected chi connectivity index (χ2v) is 5.72. The number of nitriles is 1. The van der Waals surface area contributed by atoms with E-state index in [1.54, 1.807) is 6.07 Å². The molecular weight excluding hydrogens is 300 g/mol. The van der Waals surface area contributed by atoms with Crippen LogP contribution in [0.1, 0.15) is 5.56 Å². The minimum atomic E-state index is -4.31. The van der Waals surface area contributed by atoms with Crippen molar-refractivity contribution in [1.82, 2.24) is 0 Å². The molecule has 0 atom stereocenters. The minimum absolute atomic E-state index is 0.0647. The van der Waals surface area contributed by atoms with Gasteiger partial charge >= 0.3 is 0 Å². The lowest BCUT2D eigenvalue weighted by Crippen LogP contribution is -2.16. The first-order valence-corrected chi connectivity index (χ1v) is 7.10. The number of halogens is 2. The van der Waals surface area contributed by atoms with E-state index < -0.39 is 32.1 Å². The highest BCUT2D eigenvalue weighted by molar-refractivity contribution is 7.92. The Bertz CT molecular complexity index is 845. The SMILES string of the molecule is N#Cc1c(F)cccc1NS(=O)(=O)c1ccc(N)cc1F. The smallest absolute Gasteiger partial charge is 0.264 e. The monoisotopic (exact) mass is 309 g/mol. The van der Waals surface area contributed by atoms with Gasteiger partial charge in [-0.15, -0.1) is 0 Å². The van der Waals surface area contributed by atoms with Gasteiger partial charge in [0, 0.05) is 5.69 Å². The Kier molecular flexibility index (Phi) is 3.78. The zero-order valence-electron chi connectivity index (χ0n) is 10.5. The average molecular weight is 309 g/mol. The molecule has 0 fully saturated rings. The van der Waals surface area contributed by atoms with E-state index in [-0.39, 0.29) is 11.4 Å². The van der Waals surface area contributed by atoms with Crippen molar-refractivity contribution in [1.29, 1.82) is 5.26 Å². The Morgan fingerprint density at radius 2 is 1.86 bits per heavy atom. The second-order valence-electron chi connectivity index (χ2n) is 4.07. The summed E-state index contributed by atoms with van der Waals surface area (Å²) in [4.78, 5) is -0.648. The molecule has 0 amide bonds. The number of nitrogens with one attached hydrogen (secondary N) is 1. The molecular formula is C13H9F2N3O2S. The Labute approximate surface area is 119 Å². The summed E-state index contributed by atoms with van der Waals surface area (Å²) in [7, 11) is -4.31. The molecule has 0 spiro atoms. The average Bonchev–Trinajstić information content (AvgIpc) is 2.38. The predicted molar refractivity (Wildman–Crippen MR) is 72.7 cm³/mol. The summed E-state index contributed by atoms with van der Waals surface area (Å²) in [6, 6.07) is 8.05. The number of sulfonamides is 1. The summed E-state index contributed by atoms with van der Waals surface area (Å²) >= 11 is 0. The molecule has 0 bridgehead atoms. The van der Waals surface area contributed by atoms with Gasteiger partial charge < -0.3 is 5.73 Å². The van der Waals surface area contributed by atoms with Crippen molar-refractivity contribution in [3.05, 3.63) is 53.6 Å². The van der Waals surface area contributed by atoms with Crippen molar-refractivity contribution < 1.29 is 17.2 Å². The van der Waals surface area contributed by atoms with Crippen LogP contribution in [0.4, 0.5) is 20.2 Å². The third-order valence-electron chi connectivity index (χ3n) is 2.62. The van der Waals surface area contributed by atoms with E-state index in [1.165, 1.54) is 18.2 Å². The van der Waals surface area contributed by atoms with Crippen LogP contribution in [0, 0.1) is 23.0 Å². The van der Waals surface area contributed by atoms with Gasteiger partial charge in [0.1, 0.15) is 28.2 Å². The summed E-state index contributed by atoms with van der Waals surface area (Å²) in [5.41, 5.74) is 4.66. The molecule has 0 aliphatic carbocycles. The summed E-state index contributed by atoms with van der Waals surface area (Å²) in [5.74, 6) is -1.92. The highest BCUT2D eigenvalue weighted by Gasteiger charge is 2.21. The second kappa shape index (κ2) is 5.38. The van der Waals surface area contributed by atoms with E-state index in [4.69, 9.17) is 11.0 Å². The highest BCUT2D eigenvalue weighted by atomic mass is 32.2. The first-order chi connectivity index (χ1) is 9.85. The lowest BCUT2D eigenvalue weighted by atomic mass is 10.2. The van der Waals surface area contributed by atoms with E-state index in [9.17, 15) is 17.2 Å². The van der Waals surface area contributed by atoms with E-state index in [2.05, 4.69) is 0 Å². The van der Waals surface area contributed by atoms with Gasteiger partial charge in [-0.2, -0.15) is 5.26 Å². The van der Waals surface area contributed by atoms with E-state index in [0.717, 1.165) is 18.2 Å². The van der Waals surface area contributed by atoms with Crippen molar-refractivity contribution in [3.8, 4) is 6.07 Å². The Morgan fingerprint density at radius 3 is 2.48 bits per heavy atom.